The molecule has 0 bridgehead atoms. The topological polar surface area (TPSA) is 96.5 Å². The first kappa shape index (κ1) is 25.8. The van der Waals surface area contributed by atoms with Crippen LogP contribution in [0.4, 0.5) is 0 Å². The fraction of sp³-hybridized carbons (Fsp3) is 0.591. The van der Waals surface area contributed by atoms with Crippen LogP contribution in [0.15, 0.2) is 35.1 Å². The molecule has 0 aromatic carbocycles. The van der Waals surface area contributed by atoms with E-state index < -0.39 is 12.0 Å². The second-order valence-electron chi connectivity index (χ2n) is 7.49. The molecule has 0 fully saturated rings. The van der Waals surface area contributed by atoms with Crippen molar-refractivity contribution >= 4 is 29.5 Å². The van der Waals surface area contributed by atoms with Crippen molar-refractivity contribution in [1.82, 2.24) is 16.2 Å². The summed E-state index contributed by atoms with van der Waals surface area (Å²) >= 11 is 1.58. The zero-order valence-electron chi connectivity index (χ0n) is 18.5. The van der Waals surface area contributed by atoms with Crippen molar-refractivity contribution in [3.63, 3.8) is 0 Å². The van der Waals surface area contributed by atoms with Gasteiger partial charge in [-0.05, 0) is 46.5 Å². The molecule has 1 unspecified atom stereocenters. The summed E-state index contributed by atoms with van der Waals surface area (Å²) in [6, 6.07) is -0.655. The van der Waals surface area contributed by atoms with Gasteiger partial charge in [-0.3, -0.25) is 19.8 Å². The Morgan fingerprint density at radius 1 is 1.17 bits per heavy atom. The molecule has 8 heteroatoms. The van der Waals surface area contributed by atoms with Crippen LogP contribution in [-0.2, 0) is 19.1 Å². The number of hydrazine groups is 1. The van der Waals surface area contributed by atoms with Gasteiger partial charge in [0.05, 0.1) is 13.5 Å². The van der Waals surface area contributed by atoms with Gasteiger partial charge in [-0.15, -0.1) is 0 Å². The molecule has 3 N–H and O–H groups in total. The number of methoxy groups -OCH3 is 1. The highest BCUT2D eigenvalue weighted by Gasteiger charge is 2.22. The molecule has 168 valence electrons. The lowest BCUT2D eigenvalue weighted by Crippen LogP contribution is -2.51. The van der Waals surface area contributed by atoms with E-state index in [9.17, 15) is 14.4 Å². The Kier molecular flexibility index (Phi) is 12.7. The number of esters is 1. The normalized spacial score (nSPS) is 19.1. The van der Waals surface area contributed by atoms with Crippen molar-refractivity contribution < 1.29 is 19.1 Å². The fourth-order valence-corrected chi connectivity index (χ4v) is 3.65. The predicted octanol–water partition coefficient (Wildman–Crippen LogP) is 3.15. The molecule has 1 aliphatic rings. The first-order valence-corrected chi connectivity index (χ1v) is 11.4. The van der Waals surface area contributed by atoms with Gasteiger partial charge < -0.3 is 15.5 Å². The second kappa shape index (κ2) is 14.7. The molecule has 0 spiro atoms. The standard InChI is InChI=1S/C22H35N3O4S/c1-16(2)7-5-8-17(3)9-6-10-18-13-14-30-15-19(22(28)25-24-18)23-20(26)11-12-21(27)29-4/h7,9,13,19,24H,5-6,8,10-12,14-15H2,1-4H3,(H,23,26)(H,25,28)/b17-9+,18-13-. The van der Waals surface area contributed by atoms with Crippen LogP contribution in [0.2, 0.25) is 0 Å². The molecule has 1 aliphatic heterocycles. The minimum absolute atomic E-state index is 0.00263. The van der Waals surface area contributed by atoms with Crippen molar-refractivity contribution in [1.29, 1.82) is 0 Å². The molecule has 0 radical (unpaired) electrons. The largest absolute Gasteiger partial charge is 0.469 e. The minimum atomic E-state index is -0.655. The molecular formula is C22H35N3O4S. The summed E-state index contributed by atoms with van der Waals surface area (Å²) in [6.45, 7) is 6.37. The lowest BCUT2D eigenvalue weighted by atomic mass is 10.1. The van der Waals surface area contributed by atoms with E-state index >= 15 is 0 Å². The van der Waals surface area contributed by atoms with Crippen molar-refractivity contribution in [2.24, 2.45) is 0 Å². The number of nitrogens with one attached hydrogen (secondary N) is 3. The maximum atomic E-state index is 12.4. The summed E-state index contributed by atoms with van der Waals surface area (Å²) in [5.74, 6) is 0.118. The molecule has 1 atom stereocenters. The number of ether oxygens (including phenoxy) is 1. The summed E-state index contributed by atoms with van der Waals surface area (Å²) < 4.78 is 4.53. The van der Waals surface area contributed by atoms with E-state index in [1.165, 1.54) is 18.3 Å². The van der Waals surface area contributed by atoms with Crippen LogP contribution < -0.4 is 16.2 Å². The van der Waals surface area contributed by atoms with Crippen molar-refractivity contribution in [2.75, 3.05) is 18.6 Å². The molecule has 7 nitrogen and oxygen atoms in total. The summed E-state index contributed by atoms with van der Waals surface area (Å²) in [6.07, 6.45) is 10.4. The molecule has 2 amide bonds. The Balaban J connectivity index is 2.45. The number of carbonyl (C=O) groups is 3. The quantitative estimate of drug-likeness (QED) is 0.359. The third-order valence-corrected chi connectivity index (χ3v) is 5.48. The van der Waals surface area contributed by atoms with E-state index in [1.807, 2.05) is 0 Å². The van der Waals surface area contributed by atoms with Gasteiger partial charge in [0.15, 0.2) is 0 Å². The highest BCUT2D eigenvalue weighted by Crippen LogP contribution is 2.13. The van der Waals surface area contributed by atoms with Crippen LogP contribution in [0.1, 0.15) is 59.3 Å². The van der Waals surface area contributed by atoms with Crippen LogP contribution in [0, 0.1) is 0 Å². The third kappa shape index (κ3) is 11.7. The molecule has 0 aliphatic carbocycles. The van der Waals surface area contributed by atoms with E-state index in [4.69, 9.17) is 0 Å². The van der Waals surface area contributed by atoms with E-state index in [2.05, 4.69) is 59.9 Å². The van der Waals surface area contributed by atoms with Crippen LogP contribution in [0.3, 0.4) is 0 Å². The Morgan fingerprint density at radius 2 is 1.93 bits per heavy atom. The lowest BCUT2D eigenvalue weighted by molar-refractivity contribution is -0.142. The van der Waals surface area contributed by atoms with Crippen LogP contribution in [0.5, 0.6) is 0 Å². The SMILES string of the molecule is COC(=O)CCC(=O)NC1CSC/C=C(/CC/C=C(\C)CCC=C(C)C)NNC1=O. The molecule has 1 rings (SSSR count). The van der Waals surface area contributed by atoms with Crippen LogP contribution in [0.25, 0.3) is 0 Å². The Hall–Kier alpha value is -2.22. The molecule has 0 aromatic heterocycles. The number of amides is 2. The number of carbonyl (C=O) groups excluding carboxylic acids is 3. The first-order chi connectivity index (χ1) is 14.3. The lowest BCUT2D eigenvalue weighted by Gasteiger charge is -2.18. The van der Waals surface area contributed by atoms with Crippen LogP contribution in [-0.4, -0.2) is 42.4 Å². The number of hydrogen-bond acceptors (Lipinski definition) is 6. The van der Waals surface area contributed by atoms with Gasteiger partial charge in [0, 0.05) is 23.6 Å². The smallest absolute Gasteiger partial charge is 0.306 e. The first-order valence-electron chi connectivity index (χ1n) is 10.3. The zero-order chi connectivity index (χ0) is 22.4. The molecule has 1 heterocycles. The number of hydrogen-bond donors (Lipinski definition) is 3. The Labute approximate surface area is 184 Å². The second-order valence-corrected chi connectivity index (χ2v) is 8.56. The average molecular weight is 438 g/mol. The third-order valence-electron chi connectivity index (χ3n) is 4.51. The summed E-state index contributed by atoms with van der Waals surface area (Å²) in [5, 5.41) is 2.69. The highest BCUT2D eigenvalue weighted by molar-refractivity contribution is 7.99. The maximum Gasteiger partial charge on any atom is 0.306 e. The number of thioether (sulfide) groups is 1. The van der Waals surface area contributed by atoms with E-state index in [-0.39, 0.29) is 24.7 Å². The molecule has 0 saturated heterocycles. The molecule has 0 aromatic rings. The van der Waals surface area contributed by atoms with Gasteiger partial charge in [0.2, 0.25) is 5.91 Å². The number of rotatable bonds is 10. The van der Waals surface area contributed by atoms with Gasteiger partial charge in [0.1, 0.15) is 6.04 Å². The zero-order valence-corrected chi connectivity index (χ0v) is 19.3. The molecule has 0 saturated carbocycles. The summed E-state index contributed by atoms with van der Waals surface area (Å²) in [7, 11) is 1.28. The van der Waals surface area contributed by atoms with Gasteiger partial charge >= 0.3 is 5.97 Å². The number of allylic oxidation sites excluding steroid dienone is 5. The van der Waals surface area contributed by atoms with Crippen LogP contribution >= 0.6 is 11.8 Å². The van der Waals surface area contributed by atoms with Gasteiger partial charge in [-0.2, -0.15) is 11.8 Å². The molecular weight excluding hydrogens is 402 g/mol. The van der Waals surface area contributed by atoms with Crippen molar-refractivity contribution in [3.8, 4) is 0 Å². The van der Waals surface area contributed by atoms with Gasteiger partial charge in [-0.1, -0.05) is 29.4 Å². The summed E-state index contributed by atoms with van der Waals surface area (Å²) in [5.41, 5.74) is 9.34. The summed E-state index contributed by atoms with van der Waals surface area (Å²) in [4.78, 5) is 35.6. The Morgan fingerprint density at radius 3 is 2.63 bits per heavy atom. The van der Waals surface area contributed by atoms with Crippen molar-refractivity contribution in [2.45, 2.75) is 65.3 Å². The van der Waals surface area contributed by atoms with Gasteiger partial charge in [-0.25, -0.2) is 0 Å². The fourth-order valence-electron chi connectivity index (χ4n) is 2.72. The van der Waals surface area contributed by atoms with E-state index in [0.29, 0.717) is 5.75 Å². The highest BCUT2D eigenvalue weighted by atomic mass is 32.2. The Bertz CT molecular complexity index is 682. The van der Waals surface area contributed by atoms with E-state index in [1.54, 1.807) is 11.8 Å². The van der Waals surface area contributed by atoms with Crippen molar-refractivity contribution in [3.05, 3.63) is 35.1 Å². The average Bonchev–Trinajstić information content (AvgIpc) is 2.78. The van der Waals surface area contributed by atoms with Gasteiger partial charge in [0.25, 0.3) is 5.91 Å². The maximum absolute atomic E-state index is 12.4. The predicted molar refractivity (Wildman–Crippen MR) is 122 cm³/mol. The van der Waals surface area contributed by atoms with E-state index in [0.717, 1.165) is 37.1 Å². The minimum Gasteiger partial charge on any atom is -0.469 e. The molecule has 30 heavy (non-hydrogen) atoms. The monoisotopic (exact) mass is 437 g/mol.